The van der Waals surface area contributed by atoms with E-state index in [0.29, 0.717) is 18.9 Å². The fraction of sp³-hybridized carbons (Fsp3) is 0.375. The molecule has 0 spiro atoms. The van der Waals surface area contributed by atoms with E-state index >= 15 is 0 Å². The van der Waals surface area contributed by atoms with E-state index < -0.39 is 0 Å². The predicted octanol–water partition coefficient (Wildman–Crippen LogP) is 2.00. The lowest BCUT2D eigenvalue weighted by molar-refractivity contribution is -0.116. The van der Waals surface area contributed by atoms with Crippen LogP contribution in [0, 0.1) is 5.92 Å². The summed E-state index contributed by atoms with van der Waals surface area (Å²) in [6, 6.07) is 10.1. The fourth-order valence-electron chi connectivity index (χ4n) is 2.40. The van der Waals surface area contributed by atoms with Crippen LogP contribution in [0.3, 0.4) is 0 Å². The van der Waals surface area contributed by atoms with Crippen molar-refractivity contribution in [2.45, 2.75) is 31.8 Å². The minimum absolute atomic E-state index is 0.00985. The van der Waals surface area contributed by atoms with E-state index in [2.05, 4.69) is 22.5 Å². The number of rotatable bonds is 6. The van der Waals surface area contributed by atoms with Crippen LogP contribution < -0.4 is 11.1 Å². The van der Waals surface area contributed by atoms with Crippen molar-refractivity contribution in [3.05, 3.63) is 48.3 Å². The quantitative estimate of drug-likeness (QED) is 0.852. The Hall–Kier alpha value is -2.14. The molecule has 1 aliphatic rings. The lowest BCUT2D eigenvalue weighted by Crippen LogP contribution is -2.28. The Morgan fingerprint density at radius 2 is 2.14 bits per heavy atom. The van der Waals surface area contributed by atoms with Gasteiger partial charge in [-0.2, -0.15) is 5.10 Å². The van der Waals surface area contributed by atoms with E-state index in [1.54, 1.807) is 6.20 Å². The van der Waals surface area contributed by atoms with Gasteiger partial charge in [0.2, 0.25) is 5.91 Å². The first-order valence-corrected chi connectivity index (χ1v) is 7.32. The maximum absolute atomic E-state index is 11.9. The zero-order valence-electron chi connectivity index (χ0n) is 11.9. The summed E-state index contributed by atoms with van der Waals surface area (Å²) in [7, 11) is 0. The summed E-state index contributed by atoms with van der Waals surface area (Å²) in [5, 5.41) is 7.12. The Bertz CT molecular complexity index is 604. The van der Waals surface area contributed by atoms with Gasteiger partial charge in [-0.3, -0.25) is 9.48 Å². The number of hydrogen-bond donors (Lipinski definition) is 2. The number of carbonyl (C=O) groups excluding carboxylic acids is 1. The number of anilines is 1. The van der Waals surface area contributed by atoms with Gasteiger partial charge in [0.1, 0.15) is 0 Å². The SMILES string of the molecule is NC(CC(=O)Nc1cnn(Cc2ccccc2)c1)C1CC1. The number of nitrogens with two attached hydrogens (primary N) is 1. The molecule has 3 rings (SSSR count). The molecule has 1 aromatic heterocycles. The van der Waals surface area contributed by atoms with Crippen molar-refractivity contribution in [1.82, 2.24) is 9.78 Å². The first-order valence-electron chi connectivity index (χ1n) is 7.32. The Morgan fingerprint density at radius 1 is 1.38 bits per heavy atom. The van der Waals surface area contributed by atoms with Gasteiger partial charge in [-0.15, -0.1) is 0 Å². The highest BCUT2D eigenvalue weighted by Gasteiger charge is 2.29. The molecule has 0 saturated heterocycles. The van der Waals surface area contributed by atoms with Crippen LogP contribution in [0.2, 0.25) is 0 Å². The van der Waals surface area contributed by atoms with Gasteiger partial charge in [0.15, 0.2) is 0 Å². The van der Waals surface area contributed by atoms with E-state index in [1.807, 2.05) is 29.1 Å². The molecule has 1 fully saturated rings. The maximum atomic E-state index is 11.9. The summed E-state index contributed by atoms with van der Waals surface area (Å²) in [6.45, 7) is 0.693. The zero-order valence-corrected chi connectivity index (χ0v) is 11.9. The molecule has 1 saturated carbocycles. The Labute approximate surface area is 124 Å². The standard InChI is InChI=1S/C16H20N4O/c17-15(13-6-7-13)8-16(21)19-14-9-18-20(11-14)10-12-4-2-1-3-5-12/h1-5,9,11,13,15H,6-8,10,17H2,(H,19,21). The van der Waals surface area contributed by atoms with Crippen LogP contribution in [0.25, 0.3) is 0 Å². The topological polar surface area (TPSA) is 72.9 Å². The smallest absolute Gasteiger partial charge is 0.226 e. The van der Waals surface area contributed by atoms with Crippen molar-refractivity contribution >= 4 is 11.6 Å². The minimum atomic E-state index is -0.0336. The number of amides is 1. The molecular formula is C16H20N4O. The van der Waals surface area contributed by atoms with Gasteiger partial charge < -0.3 is 11.1 Å². The third-order valence-electron chi connectivity index (χ3n) is 3.75. The molecular weight excluding hydrogens is 264 g/mol. The van der Waals surface area contributed by atoms with Crippen LogP contribution in [0.5, 0.6) is 0 Å². The summed E-state index contributed by atoms with van der Waals surface area (Å²) < 4.78 is 1.81. The normalized spacial score (nSPS) is 15.7. The lowest BCUT2D eigenvalue weighted by atomic mass is 10.1. The highest BCUT2D eigenvalue weighted by atomic mass is 16.1. The van der Waals surface area contributed by atoms with Crippen molar-refractivity contribution in [2.24, 2.45) is 11.7 Å². The van der Waals surface area contributed by atoms with Crippen molar-refractivity contribution in [3.63, 3.8) is 0 Å². The third-order valence-corrected chi connectivity index (χ3v) is 3.75. The zero-order chi connectivity index (χ0) is 14.7. The van der Waals surface area contributed by atoms with Gasteiger partial charge in [0, 0.05) is 18.7 Å². The number of hydrogen-bond acceptors (Lipinski definition) is 3. The minimum Gasteiger partial charge on any atom is -0.327 e. The highest BCUT2D eigenvalue weighted by molar-refractivity contribution is 5.90. The molecule has 1 aliphatic carbocycles. The molecule has 1 unspecified atom stereocenters. The molecule has 2 aromatic rings. The molecule has 3 N–H and O–H groups in total. The largest absolute Gasteiger partial charge is 0.327 e. The molecule has 0 radical (unpaired) electrons. The molecule has 0 bridgehead atoms. The van der Waals surface area contributed by atoms with Crippen molar-refractivity contribution in [2.75, 3.05) is 5.32 Å². The molecule has 5 nitrogen and oxygen atoms in total. The highest BCUT2D eigenvalue weighted by Crippen LogP contribution is 2.32. The number of benzene rings is 1. The average Bonchev–Trinajstić information content (AvgIpc) is 3.23. The van der Waals surface area contributed by atoms with Crippen LogP contribution in [0.15, 0.2) is 42.7 Å². The van der Waals surface area contributed by atoms with Crippen molar-refractivity contribution in [3.8, 4) is 0 Å². The van der Waals surface area contributed by atoms with E-state index in [4.69, 9.17) is 5.73 Å². The van der Waals surface area contributed by atoms with Crippen molar-refractivity contribution in [1.29, 1.82) is 0 Å². The first kappa shape index (κ1) is 13.8. The van der Waals surface area contributed by atoms with Gasteiger partial charge in [-0.25, -0.2) is 0 Å². The molecule has 1 atom stereocenters. The van der Waals surface area contributed by atoms with E-state index in [-0.39, 0.29) is 11.9 Å². The van der Waals surface area contributed by atoms with Crippen LogP contribution in [0.1, 0.15) is 24.8 Å². The Kier molecular flexibility index (Phi) is 4.01. The molecule has 1 amide bonds. The second kappa shape index (κ2) is 6.10. The van der Waals surface area contributed by atoms with Crippen LogP contribution in [-0.4, -0.2) is 21.7 Å². The third kappa shape index (κ3) is 3.92. The summed E-state index contributed by atoms with van der Waals surface area (Å²) >= 11 is 0. The number of carbonyl (C=O) groups is 1. The first-order chi connectivity index (χ1) is 10.2. The van der Waals surface area contributed by atoms with Gasteiger partial charge >= 0.3 is 0 Å². The average molecular weight is 284 g/mol. The summed E-state index contributed by atoms with van der Waals surface area (Å²) in [5.41, 5.74) is 7.86. The van der Waals surface area contributed by atoms with Crippen LogP contribution >= 0.6 is 0 Å². The van der Waals surface area contributed by atoms with E-state index in [0.717, 1.165) is 18.5 Å². The van der Waals surface area contributed by atoms with Gasteiger partial charge in [-0.05, 0) is 24.3 Å². The van der Waals surface area contributed by atoms with E-state index in [1.165, 1.54) is 5.56 Å². The molecule has 5 heteroatoms. The number of aromatic nitrogens is 2. The predicted molar refractivity (Wildman–Crippen MR) is 81.7 cm³/mol. The summed E-state index contributed by atoms with van der Waals surface area (Å²) in [5.74, 6) is 0.505. The molecule has 1 aromatic carbocycles. The van der Waals surface area contributed by atoms with Crippen LogP contribution in [0.4, 0.5) is 5.69 Å². The summed E-state index contributed by atoms with van der Waals surface area (Å²) in [4.78, 5) is 11.9. The monoisotopic (exact) mass is 284 g/mol. The molecule has 1 heterocycles. The Morgan fingerprint density at radius 3 is 2.86 bits per heavy atom. The van der Waals surface area contributed by atoms with Crippen molar-refractivity contribution < 1.29 is 4.79 Å². The molecule has 110 valence electrons. The Balaban J connectivity index is 1.53. The second-order valence-electron chi connectivity index (χ2n) is 5.67. The van der Waals surface area contributed by atoms with Crippen LogP contribution in [-0.2, 0) is 11.3 Å². The fourth-order valence-corrected chi connectivity index (χ4v) is 2.40. The second-order valence-corrected chi connectivity index (χ2v) is 5.67. The number of nitrogens with one attached hydrogen (secondary N) is 1. The van der Waals surface area contributed by atoms with Gasteiger partial charge in [-0.1, -0.05) is 30.3 Å². The molecule has 21 heavy (non-hydrogen) atoms. The summed E-state index contributed by atoms with van der Waals surface area (Å²) in [6.07, 6.45) is 6.21. The molecule has 0 aliphatic heterocycles. The van der Waals surface area contributed by atoms with Gasteiger partial charge in [0.25, 0.3) is 0 Å². The van der Waals surface area contributed by atoms with E-state index in [9.17, 15) is 4.79 Å². The lowest BCUT2D eigenvalue weighted by Gasteiger charge is -2.09. The van der Waals surface area contributed by atoms with Gasteiger partial charge in [0.05, 0.1) is 18.4 Å². The number of nitrogens with zero attached hydrogens (tertiary/aromatic N) is 2. The maximum Gasteiger partial charge on any atom is 0.226 e.